The van der Waals surface area contributed by atoms with Crippen LogP contribution >= 0.6 is 0 Å². The molecule has 0 aliphatic carbocycles. The van der Waals surface area contributed by atoms with Gasteiger partial charge in [-0.05, 0) is 50.7 Å². The predicted octanol–water partition coefficient (Wildman–Crippen LogP) is 2.92. The average molecular weight is 261 g/mol. The highest BCUT2D eigenvalue weighted by atomic mass is 16.5. The minimum atomic E-state index is -0.395. The van der Waals surface area contributed by atoms with E-state index in [1.807, 2.05) is 32.3 Å². The van der Waals surface area contributed by atoms with Gasteiger partial charge >= 0.3 is 0 Å². The summed E-state index contributed by atoms with van der Waals surface area (Å²) >= 11 is 0. The number of fused-ring (bicyclic) bond motifs is 1. The van der Waals surface area contributed by atoms with Gasteiger partial charge in [0.2, 0.25) is 0 Å². The van der Waals surface area contributed by atoms with Gasteiger partial charge in [-0.3, -0.25) is 9.69 Å². The van der Waals surface area contributed by atoms with Crippen LogP contribution in [-0.2, 0) is 6.42 Å². The van der Waals surface area contributed by atoms with Crippen LogP contribution in [0.3, 0.4) is 0 Å². The fraction of sp³-hybridized carbons (Fsp3) is 0.562. The molecule has 0 N–H and O–H groups in total. The molecule has 0 saturated heterocycles. The molecule has 0 fully saturated rings. The molecule has 0 atom stereocenters. The van der Waals surface area contributed by atoms with E-state index in [4.69, 9.17) is 4.74 Å². The van der Waals surface area contributed by atoms with E-state index in [1.165, 1.54) is 0 Å². The van der Waals surface area contributed by atoms with E-state index in [-0.39, 0.29) is 5.78 Å². The van der Waals surface area contributed by atoms with Gasteiger partial charge in [0.05, 0.1) is 12.1 Å². The summed E-state index contributed by atoms with van der Waals surface area (Å²) in [5.41, 5.74) is 1.57. The predicted molar refractivity (Wildman–Crippen MR) is 77.0 cm³/mol. The molecule has 0 radical (unpaired) electrons. The summed E-state index contributed by atoms with van der Waals surface area (Å²) in [6, 6.07) is 5.84. The number of likely N-dealkylation sites (N-methyl/N-ethyl adjacent to an activating group) is 1. The number of hydrogen-bond acceptors (Lipinski definition) is 3. The second kappa shape index (κ2) is 5.33. The van der Waals surface area contributed by atoms with Crippen molar-refractivity contribution in [3.8, 4) is 5.75 Å². The molecule has 1 aromatic rings. The van der Waals surface area contributed by atoms with Crippen molar-refractivity contribution >= 4 is 5.78 Å². The molecule has 1 heterocycles. The Bertz CT molecular complexity index is 476. The van der Waals surface area contributed by atoms with Gasteiger partial charge < -0.3 is 4.74 Å². The van der Waals surface area contributed by atoms with E-state index in [1.54, 1.807) is 0 Å². The number of ether oxygens (including phenoxy) is 1. The highest BCUT2D eigenvalue weighted by Gasteiger charge is 2.37. The molecule has 0 bridgehead atoms. The van der Waals surface area contributed by atoms with Crippen LogP contribution in [0.1, 0.15) is 42.6 Å². The summed E-state index contributed by atoms with van der Waals surface area (Å²) in [5.74, 6) is 1.15. The van der Waals surface area contributed by atoms with Crippen molar-refractivity contribution in [3.05, 3.63) is 29.3 Å². The molecule has 3 nitrogen and oxygen atoms in total. The van der Waals surface area contributed by atoms with Crippen molar-refractivity contribution in [2.45, 2.75) is 38.6 Å². The fourth-order valence-electron chi connectivity index (χ4n) is 3.00. The molecule has 0 saturated carbocycles. The summed E-state index contributed by atoms with van der Waals surface area (Å²) in [6.45, 7) is 4.89. The number of hydrogen-bond donors (Lipinski definition) is 0. The minimum Gasteiger partial charge on any atom is -0.493 e. The zero-order valence-corrected chi connectivity index (χ0v) is 12.3. The average Bonchev–Trinajstić information content (AvgIpc) is 2.87. The Kier molecular flexibility index (Phi) is 3.95. The largest absolute Gasteiger partial charge is 0.493 e. The van der Waals surface area contributed by atoms with Crippen LogP contribution in [0.15, 0.2) is 18.2 Å². The van der Waals surface area contributed by atoms with Crippen molar-refractivity contribution in [2.24, 2.45) is 0 Å². The van der Waals surface area contributed by atoms with Crippen LogP contribution < -0.4 is 4.74 Å². The molecule has 3 heteroatoms. The SMILES string of the molecule is CCC(CC)(C(=O)c1ccc2c(c1)CCO2)N(C)C. The standard InChI is InChI=1S/C16H23NO2/c1-5-16(6-2,17(3)4)15(18)13-7-8-14-12(11-13)9-10-19-14/h7-8,11H,5-6,9-10H2,1-4H3. The third kappa shape index (κ3) is 2.27. The van der Waals surface area contributed by atoms with E-state index in [0.29, 0.717) is 0 Å². The van der Waals surface area contributed by atoms with E-state index in [2.05, 4.69) is 18.7 Å². The molecule has 0 aromatic heterocycles. The van der Waals surface area contributed by atoms with Gasteiger partial charge in [-0.25, -0.2) is 0 Å². The topological polar surface area (TPSA) is 29.5 Å². The summed E-state index contributed by atoms with van der Waals surface area (Å²) in [4.78, 5) is 14.9. The molecule has 104 valence electrons. The molecule has 1 aliphatic heterocycles. The van der Waals surface area contributed by atoms with Crippen LogP contribution in [0.25, 0.3) is 0 Å². The second-order valence-electron chi connectivity index (χ2n) is 5.38. The zero-order valence-electron chi connectivity index (χ0n) is 12.3. The van der Waals surface area contributed by atoms with Crippen LogP contribution in [0, 0.1) is 0 Å². The van der Waals surface area contributed by atoms with Crippen molar-refractivity contribution in [1.29, 1.82) is 0 Å². The Morgan fingerprint density at radius 2 is 2.00 bits per heavy atom. The lowest BCUT2D eigenvalue weighted by atomic mass is 9.83. The molecule has 19 heavy (non-hydrogen) atoms. The monoisotopic (exact) mass is 261 g/mol. The third-order valence-electron chi connectivity index (χ3n) is 4.40. The van der Waals surface area contributed by atoms with E-state index < -0.39 is 5.54 Å². The highest BCUT2D eigenvalue weighted by Crippen LogP contribution is 2.30. The zero-order chi connectivity index (χ0) is 14.0. The third-order valence-corrected chi connectivity index (χ3v) is 4.40. The molecule has 1 aliphatic rings. The van der Waals surface area contributed by atoms with E-state index in [0.717, 1.165) is 42.7 Å². The van der Waals surface area contributed by atoms with Crippen LogP contribution in [0.2, 0.25) is 0 Å². The van der Waals surface area contributed by atoms with Crippen LogP contribution in [-0.4, -0.2) is 36.9 Å². The maximum atomic E-state index is 12.9. The summed E-state index contributed by atoms with van der Waals surface area (Å²) < 4.78 is 5.50. The number of carbonyl (C=O) groups is 1. The first-order valence-electron chi connectivity index (χ1n) is 7.03. The maximum Gasteiger partial charge on any atom is 0.183 e. The summed E-state index contributed by atoms with van der Waals surface area (Å²) in [7, 11) is 3.97. The van der Waals surface area contributed by atoms with Gasteiger partial charge in [-0.15, -0.1) is 0 Å². The van der Waals surface area contributed by atoms with E-state index >= 15 is 0 Å². The van der Waals surface area contributed by atoms with Crippen LogP contribution in [0.5, 0.6) is 5.75 Å². The second-order valence-corrected chi connectivity index (χ2v) is 5.38. The van der Waals surface area contributed by atoms with Gasteiger partial charge in [0.15, 0.2) is 5.78 Å². The minimum absolute atomic E-state index is 0.220. The number of benzene rings is 1. The first kappa shape index (κ1) is 14.1. The number of ketones is 1. The number of nitrogens with zero attached hydrogens (tertiary/aromatic N) is 1. The van der Waals surface area contributed by atoms with Gasteiger partial charge in [-0.1, -0.05) is 13.8 Å². The number of Topliss-reactive ketones (excluding diaryl/α,β-unsaturated/α-hetero) is 1. The smallest absolute Gasteiger partial charge is 0.183 e. The van der Waals surface area contributed by atoms with Crippen molar-refractivity contribution in [1.82, 2.24) is 4.90 Å². The van der Waals surface area contributed by atoms with Gasteiger partial charge in [0.25, 0.3) is 0 Å². The molecule has 2 rings (SSSR count). The lowest BCUT2D eigenvalue weighted by molar-refractivity contribution is 0.0656. The lowest BCUT2D eigenvalue weighted by Crippen LogP contribution is -2.50. The number of carbonyl (C=O) groups excluding carboxylic acids is 1. The molecule has 0 spiro atoms. The Balaban J connectivity index is 2.37. The van der Waals surface area contributed by atoms with Gasteiger partial charge in [-0.2, -0.15) is 0 Å². The Hall–Kier alpha value is -1.35. The Morgan fingerprint density at radius 3 is 2.58 bits per heavy atom. The van der Waals surface area contributed by atoms with Crippen molar-refractivity contribution in [2.75, 3.05) is 20.7 Å². The molecule has 1 aromatic carbocycles. The van der Waals surface area contributed by atoms with Gasteiger partial charge in [0, 0.05) is 12.0 Å². The summed E-state index contributed by atoms with van der Waals surface area (Å²) in [5, 5.41) is 0. The molecule has 0 amide bonds. The fourth-order valence-corrected chi connectivity index (χ4v) is 3.00. The molecular weight excluding hydrogens is 238 g/mol. The first-order valence-corrected chi connectivity index (χ1v) is 7.03. The quantitative estimate of drug-likeness (QED) is 0.763. The van der Waals surface area contributed by atoms with Crippen molar-refractivity contribution < 1.29 is 9.53 Å². The normalized spacial score (nSPS) is 14.4. The van der Waals surface area contributed by atoms with Crippen LogP contribution in [0.4, 0.5) is 0 Å². The maximum absolute atomic E-state index is 12.9. The van der Waals surface area contributed by atoms with Crippen molar-refractivity contribution in [3.63, 3.8) is 0 Å². The number of rotatable bonds is 5. The first-order chi connectivity index (χ1) is 9.05. The molecular formula is C16H23NO2. The Morgan fingerprint density at radius 1 is 1.32 bits per heavy atom. The molecule has 0 unspecified atom stereocenters. The van der Waals surface area contributed by atoms with E-state index in [9.17, 15) is 4.79 Å². The summed E-state index contributed by atoms with van der Waals surface area (Å²) in [6.07, 6.45) is 2.55. The Labute approximate surface area is 115 Å². The van der Waals surface area contributed by atoms with Gasteiger partial charge in [0.1, 0.15) is 5.75 Å². The lowest BCUT2D eigenvalue weighted by Gasteiger charge is -2.37. The highest BCUT2D eigenvalue weighted by molar-refractivity contribution is 6.03.